The van der Waals surface area contributed by atoms with Crippen LogP contribution in [0.2, 0.25) is 0 Å². The van der Waals surface area contributed by atoms with Gasteiger partial charge in [-0.2, -0.15) is 0 Å². The number of nitrogens with zero attached hydrogens (tertiary/aromatic N) is 1. The van der Waals surface area contributed by atoms with Crippen molar-refractivity contribution in [2.24, 2.45) is 0 Å². The van der Waals surface area contributed by atoms with E-state index in [2.05, 4.69) is 10.0 Å². The Morgan fingerprint density at radius 3 is 2.49 bits per heavy atom. The van der Waals surface area contributed by atoms with Crippen LogP contribution in [0.15, 0.2) is 71.6 Å². The summed E-state index contributed by atoms with van der Waals surface area (Å²) in [6.07, 6.45) is 0. The number of likely N-dealkylation sites (N-methyl/N-ethyl adjacent to an activating group) is 1. The van der Waals surface area contributed by atoms with Gasteiger partial charge in [-0.05, 0) is 55.0 Å². The molecular weight excluding hydrogens is 470 g/mol. The number of nitrogens with one attached hydrogen (secondary N) is 2. The predicted molar refractivity (Wildman–Crippen MR) is 130 cm³/mol. The van der Waals surface area contributed by atoms with Crippen LogP contribution in [-0.2, 0) is 21.4 Å². The second-order valence-electron chi connectivity index (χ2n) is 8.12. The van der Waals surface area contributed by atoms with Gasteiger partial charge in [0.05, 0.1) is 11.4 Å². The molecule has 35 heavy (non-hydrogen) atoms. The zero-order valence-corrected chi connectivity index (χ0v) is 20.1. The van der Waals surface area contributed by atoms with Gasteiger partial charge in [-0.25, -0.2) is 13.1 Å². The molecule has 0 saturated heterocycles. The Balaban J connectivity index is 1.38. The van der Waals surface area contributed by atoms with Crippen molar-refractivity contribution < 1.29 is 27.5 Å². The molecule has 1 heterocycles. The smallest absolute Gasteiger partial charge is 0.254 e. The molecule has 0 aromatic heterocycles. The van der Waals surface area contributed by atoms with E-state index >= 15 is 0 Å². The molecule has 0 spiro atoms. The fraction of sp³-hybridized carbons (Fsp3) is 0.200. The molecular formula is C25H25N3O6S. The lowest BCUT2D eigenvalue weighted by molar-refractivity contribution is -0.116. The summed E-state index contributed by atoms with van der Waals surface area (Å²) in [6, 6.07) is 18.2. The Bertz CT molecular complexity index is 1360. The molecule has 3 aromatic carbocycles. The molecule has 0 radical (unpaired) electrons. The topological polar surface area (TPSA) is 114 Å². The van der Waals surface area contributed by atoms with Gasteiger partial charge >= 0.3 is 0 Å². The van der Waals surface area contributed by atoms with Gasteiger partial charge in [-0.3, -0.25) is 9.59 Å². The third-order valence-corrected chi connectivity index (χ3v) is 6.76. The third kappa shape index (κ3) is 5.97. The van der Waals surface area contributed by atoms with Crippen LogP contribution in [0.3, 0.4) is 0 Å². The molecule has 0 fully saturated rings. The van der Waals surface area contributed by atoms with Crippen LogP contribution in [0.5, 0.6) is 11.5 Å². The minimum Gasteiger partial charge on any atom is -0.454 e. The zero-order valence-electron chi connectivity index (χ0n) is 19.3. The number of carbonyl (C=O) groups is 2. The third-order valence-electron chi connectivity index (χ3n) is 5.36. The maximum absolute atomic E-state index is 12.8. The van der Waals surface area contributed by atoms with Crippen molar-refractivity contribution in [2.75, 3.05) is 25.7 Å². The van der Waals surface area contributed by atoms with Crippen molar-refractivity contribution in [3.05, 3.63) is 83.4 Å². The molecule has 0 atom stereocenters. The standard InChI is InChI=1S/C25H25N3O6S/c1-17-6-9-20(10-7-17)27-24(29)15-28(2)25(30)19-4-3-5-21(13-19)35(31,32)26-14-18-8-11-22-23(12-18)34-16-33-22/h3-13,26H,14-16H2,1-2H3,(H,27,29). The molecule has 9 nitrogen and oxygen atoms in total. The summed E-state index contributed by atoms with van der Waals surface area (Å²) in [6.45, 7) is 1.93. The van der Waals surface area contributed by atoms with E-state index in [1.165, 1.54) is 36.2 Å². The Morgan fingerprint density at radius 1 is 0.971 bits per heavy atom. The van der Waals surface area contributed by atoms with Crippen LogP contribution < -0.4 is 19.5 Å². The first kappa shape index (κ1) is 24.2. The molecule has 0 aliphatic carbocycles. The highest BCUT2D eigenvalue weighted by Gasteiger charge is 2.20. The van der Waals surface area contributed by atoms with Gasteiger partial charge in [0.2, 0.25) is 22.7 Å². The number of hydrogen-bond donors (Lipinski definition) is 2. The first-order chi connectivity index (χ1) is 16.7. The van der Waals surface area contributed by atoms with E-state index in [9.17, 15) is 18.0 Å². The molecule has 0 bridgehead atoms. The number of anilines is 1. The number of amides is 2. The van der Waals surface area contributed by atoms with E-state index < -0.39 is 15.9 Å². The highest BCUT2D eigenvalue weighted by Crippen LogP contribution is 2.32. The molecule has 1 aliphatic rings. The summed E-state index contributed by atoms with van der Waals surface area (Å²) in [5.41, 5.74) is 2.55. The van der Waals surface area contributed by atoms with Crippen molar-refractivity contribution in [3.8, 4) is 11.5 Å². The van der Waals surface area contributed by atoms with Crippen LogP contribution in [-0.4, -0.2) is 45.5 Å². The van der Waals surface area contributed by atoms with Crippen LogP contribution in [0.4, 0.5) is 5.69 Å². The van der Waals surface area contributed by atoms with E-state index in [-0.39, 0.29) is 36.2 Å². The van der Waals surface area contributed by atoms with E-state index in [0.29, 0.717) is 22.7 Å². The van der Waals surface area contributed by atoms with E-state index in [1.54, 1.807) is 30.3 Å². The quantitative estimate of drug-likeness (QED) is 0.497. The second-order valence-corrected chi connectivity index (χ2v) is 9.88. The minimum atomic E-state index is -3.89. The lowest BCUT2D eigenvalue weighted by Gasteiger charge is -2.17. The van der Waals surface area contributed by atoms with Crippen molar-refractivity contribution in [2.45, 2.75) is 18.4 Å². The van der Waals surface area contributed by atoms with Crippen molar-refractivity contribution in [1.82, 2.24) is 9.62 Å². The summed E-state index contributed by atoms with van der Waals surface area (Å²) < 4.78 is 38.8. The van der Waals surface area contributed by atoms with E-state index in [4.69, 9.17) is 9.47 Å². The maximum atomic E-state index is 12.8. The molecule has 2 N–H and O–H groups in total. The molecule has 3 aromatic rings. The fourth-order valence-corrected chi connectivity index (χ4v) is 4.52. The number of fused-ring (bicyclic) bond motifs is 1. The Kier molecular flexibility index (Phi) is 7.04. The predicted octanol–water partition coefficient (Wildman–Crippen LogP) is 2.91. The summed E-state index contributed by atoms with van der Waals surface area (Å²) in [7, 11) is -2.41. The van der Waals surface area contributed by atoms with Crippen LogP contribution in [0, 0.1) is 6.92 Å². The van der Waals surface area contributed by atoms with Gasteiger partial charge in [0.25, 0.3) is 5.91 Å². The molecule has 0 unspecified atom stereocenters. The zero-order chi connectivity index (χ0) is 25.0. The molecule has 1 aliphatic heterocycles. The largest absolute Gasteiger partial charge is 0.454 e. The molecule has 2 amide bonds. The van der Waals surface area contributed by atoms with Gasteiger partial charge in [-0.1, -0.05) is 29.8 Å². The number of aryl methyl sites for hydroxylation is 1. The summed E-state index contributed by atoms with van der Waals surface area (Å²) in [5.74, 6) is 0.332. The Labute approximate surface area is 203 Å². The lowest BCUT2D eigenvalue weighted by Crippen LogP contribution is -2.35. The Hall–Kier alpha value is -3.89. The van der Waals surface area contributed by atoms with Gasteiger partial charge < -0.3 is 19.7 Å². The van der Waals surface area contributed by atoms with Gasteiger partial charge in [-0.15, -0.1) is 0 Å². The average molecular weight is 496 g/mol. The summed E-state index contributed by atoms with van der Waals surface area (Å²) in [5, 5.41) is 2.73. The Morgan fingerprint density at radius 2 is 1.71 bits per heavy atom. The maximum Gasteiger partial charge on any atom is 0.254 e. The number of sulfonamides is 1. The molecule has 182 valence electrons. The van der Waals surface area contributed by atoms with Gasteiger partial charge in [0.1, 0.15) is 0 Å². The number of rotatable bonds is 8. The number of carbonyl (C=O) groups excluding carboxylic acids is 2. The average Bonchev–Trinajstić information content (AvgIpc) is 3.32. The lowest BCUT2D eigenvalue weighted by atomic mass is 10.2. The van der Waals surface area contributed by atoms with Gasteiger partial charge in [0.15, 0.2) is 11.5 Å². The van der Waals surface area contributed by atoms with Crippen LogP contribution >= 0.6 is 0 Å². The summed E-state index contributed by atoms with van der Waals surface area (Å²) >= 11 is 0. The molecule has 10 heteroatoms. The molecule has 4 rings (SSSR count). The van der Waals surface area contributed by atoms with E-state index in [0.717, 1.165) is 5.56 Å². The minimum absolute atomic E-state index is 0.0379. The highest BCUT2D eigenvalue weighted by atomic mass is 32.2. The normalized spacial score (nSPS) is 12.3. The highest BCUT2D eigenvalue weighted by molar-refractivity contribution is 7.89. The SMILES string of the molecule is Cc1ccc(NC(=O)CN(C)C(=O)c2cccc(S(=O)(=O)NCc3ccc4c(c3)OCO4)c2)cc1. The number of hydrogen-bond acceptors (Lipinski definition) is 6. The first-order valence-corrected chi connectivity index (χ1v) is 12.3. The number of benzene rings is 3. The molecule has 0 saturated carbocycles. The van der Waals surface area contributed by atoms with E-state index in [1.807, 2.05) is 19.1 Å². The fourth-order valence-electron chi connectivity index (χ4n) is 3.45. The monoisotopic (exact) mass is 495 g/mol. The van der Waals surface area contributed by atoms with Crippen LogP contribution in [0.1, 0.15) is 21.5 Å². The second kappa shape index (κ2) is 10.2. The first-order valence-electron chi connectivity index (χ1n) is 10.8. The van der Waals surface area contributed by atoms with Gasteiger partial charge in [0, 0.05) is 24.8 Å². The van der Waals surface area contributed by atoms with Crippen molar-refractivity contribution >= 4 is 27.5 Å². The van der Waals surface area contributed by atoms with Crippen molar-refractivity contribution in [3.63, 3.8) is 0 Å². The van der Waals surface area contributed by atoms with Crippen LogP contribution in [0.25, 0.3) is 0 Å². The summed E-state index contributed by atoms with van der Waals surface area (Å²) in [4.78, 5) is 26.4. The van der Waals surface area contributed by atoms with Crippen molar-refractivity contribution in [1.29, 1.82) is 0 Å². The number of ether oxygens (including phenoxy) is 2.